The molecule has 48 heavy (non-hydrogen) atoms. The number of alkyl halides is 1. The molecule has 0 aromatic rings. The molecular weight excluding hydrogens is 789 g/mol. The van der Waals surface area contributed by atoms with Gasteiger partial charge in [0.15, 0.2) is 37.0 Å². The molecule has 5 rings (SSSR count). The second-order valence-electron chi connectivity index (χ2n) is 14.3. The number of hydrogen-bond donors (Lipinski definition) is 4. The molecule has 13 atom stereocenters. The van der Waals surface area contributed by atoms with Gasteiger partial charge in [-0.3, -0.25) is 18.0 Å². The van der Waals surface area contributed by atoms with Crippen molar-refractivity contribution in [1.82, 2.24) is 0 Å². The standard InChI is InChI=1S/C30H45IO15S2/c1-14(2)9-22(32)40-25-24(42-48-46-44-37)23(41-47-45-43-36)20(13-31)39-28(25)38-17-10-18(27(34)35)19-7-8-30-11-16(15(3)26(30)33)5-6-21(30)29(19,4)12-17/h14,16-21,23-26,28,33,36-37H,3,5-13H2,1-2,4H3,(H,34,35)/t16?,17?,18?,19?,20?,21?,23-,24-,25?,26+,28+,29?,30?/m1/s1/i31-2. The third kappa shape index (κ3) is 7.72. The van der Waals surface area contributed by atoms with Crippen LogP contribution < -0.4 is 0 Å². The molecule has 9 unspecified atom stereocenters. The Morgan fingerprint density at radius 2 is 1.75 bits per heavy atom. The number of aliphatic hydroxyl groups is 1. The van der Waals surface area contributed by atoms with Gasteiger partial charge in [0.25, 0.3) is 0 Å². The van der Waals surface area contributed by atoms with E-state index in [0.29, 0.717) is 17.3 Å². The molecule has 4 aliphatic carbocycles. The van der Waals surface area contributed by atoms with Crippen molar-refractivity contribution >= 4 is 59.2 Å². The van der Waals surface area contributed by atoms with Crippen LogP contribution in [0.3, 0.4) is 0 Å². The first kappa shape index (κ1) is 38.9. The zero-order chi connectivity index (χ0) is 34.8. The van der Waals surface area contributed by atoms with E-state index < -0.39 is 66.2 Å². The summed E-state index contributed by atoms with van der Waals surface area (Å²) in [4.78, 5) is 25.9. The largest absolute Gasteiger partial charge is 0.481 e. The zero-order valence-electron chi connectivity index (χ0n) is 27.0. The van der Waals surface area contributed by atoms with E-state index in [-0.39, 0.29) is 66.6 Å². The number of carbonyl (C=O) groups is 2. The highest BCUT2D eigenvalue weighted by molar-refractivity contribution is 14.1. The number of aliphatic hydroxyl groups excluding tert-OH is 1. The highest BCUT2D eigenvalue weighted by Gasteiger charge is 2.67. The van der Waals surface area contributed by atoms with Crippen molar-refractivity contribution in [2.75, 3.05) is 4.43 Å². The van der Waals surface area contributed by atoms with E-state index in [1.165, 1.54) is 0 Å². The quantitative estimate of drug-likeness (QED) is 0.0186. The number of esters is 1. The maximum atomic E-state index is 13.1. The van der Waals surface area contributed by atoms with Crippen molar-refractivity contribution in [3.05, 3.63) is 12.2 Å². The summed E-state index contributed by atoms with van der Waals surface area (Å²) < 4.78 is 39.6. The summed E-state index contributed by atoms with van der Waals surface area (Å²) in [6.07, 6.45) is -1.81. The van der Waals surface area contributed by atoms with Crippen molar-refractivity contribution in [2.45, 2.75) is 115 Å². The summed E-state index contributed by atoms with van der Waals surface area (Å²) >= 11 is 2.61. The Labute approximate surface area is 301 Å². The monoisotopic (exact) mass is 834 g/mol. The molecule has 274 valence electrons. The van der Waals surface area contributed by atoms with Gasteiger partial charge in [-0.25, -0.2) is 10.5 Å². The molecule has 5 aliphatic rings. The lowest BCUT2D eigenvalue weighted by Gasteiger charge is -2.62. The first-order valence-corrected chi connectivity index (χ1v) is 19.0. The minimum atomic E-state index is -1.27. The highest BCUT2D eigenvalue weighted by atomic mass is 125. The molecule has 0 amide bonds. The summed E-state index contributed by atoms with van der Waals surface area (Å²) in [6.45, 7) is 10.1. The number of halogens is 1. The first-order chi connectivity index (χ1) is 22.9. The van der Waals surface area contributed by atoms with Gasteiger partial charge in [-0.05, 0) is 79.6 Å². The fourth-order valence-corrected chi connectivity index (χ4v) is 11.1. The van der Waals surface area contributed by atoms with Crippen molar-refractivity contribution in [3.8, 4) is 0 Å². The average Bonchev–Trinajstić information content (AvgIpc) is 3.21. The number of aliphatic carboxylic acids is 1. The van der Waals surface area contributed by atoms with Crippen LogP contribution in [0.1, 0.15) is 72.1 Å². The number of hydrogen-bond acceptors (Lipinski definition) is 16. The van der Waals surface area contributed by atoms with Crippen LogP contribution >= 0.6 is 47.2 Å². The number of carboxylic acids is 1. The molecule has 0 radical (unpaired) electrons. The van der Waals surface area contributed by atoms with E-state index in [9.17, 15) is 19.8 Å². The van der Waals surface area contributed by atoms with Gasteiger partial charge in [-0.2, -0.15) is 0 Å². The van der Waals surface area contributed by atoms with E-state index in [1.54, 1.807) is 0 Å². The van der Waals surface area contributed by atoms with Crippen molar-refractivity contribution in [1.29, 1.82) is 0 Å². The van der Waals surface area contributed by atoms with Crippen LogP contribution in [0.4, 0.5) is 0 Å². The van der Waals surface area contributed by atoms with Gasteiger partial charge in [-0.15, -0.1) is 8.67 Å². The lowest BCUT2D eigenvalue weighted by molar-refractivity contribution is -0.436. The van der Waals surface area contributed by atoms with E-state index in [1.807, 2.05) is 13.8 Å². The number of fused-ring (bicyclic) bond motifs is 3. The van der Waals surface area contributed by atoms with Gasteiger partial charge >= 0.3 is 11.9 Å². The van der Waals surface area contributed by atoms with Gasteiger partial charge in [0.2, 0.25) is 0 Å². The zero-order valence-corrected chi connectivity index (χ0v) is 30.8. The Bertz CT molecular complexity index is 1150. The van der Waals surface area contributed by atoms with Crippen LogP contribution in [0.15, 0.2) is 12.2 Å². The Hall–Kier alpha value is -0.330. The topological polar surface area (TPSA) is 198 Å². The maximum absolute atomic E-state index is 13.1. The van der Waals surface area contributed by atoms with Crippen molar-refractivity contribution in [2.24, 2.45) is 40.4 Å². The van der Waals surface area contributed by atoms with Crippen LogP contribution in [0.2, 0.25) is 0 Å². The minimum Gasteiger partial charge on any atom is -0.481 e. The third-order valence-corrected chi connectivity index (χ3v) is 13.1. The van der Waals surface area contributed by atoms with E-state index in [0.717, 1.165) is 31.3 Å². The van der Waals surface area contributed by atoms with Crippen LogP contribution in [-0.4, -0.2) is 80.0 Å². The summed E-state index contributed by atoms with van der Waals surface area (Å²) in [7, 11) is 0. The molecule has 4 N–H and O–H groups in total. The molecular formula is C30H45IO15S2. The van der Waals surface area contributed by atoms with E-state index in [2.05, 4.69) is 54.8 Å². The Kier molecular flexibility index (Phi) is 13.4. The Morgan fingerprint density at radius 3 is 2.38 bits per heavy atom. The second kappa shape index (κ2) is 16.6. The molecule has 1 aliphatic heterocycles. The van der Waals surface area contributed by atoms with E-state index >= 15 is 0 Å². The molecule has 15 nitrogen and oxygen atoms in total. The average molecular weight is 835 g/mol. The van der Waals surface area contributed by atoms with Crippen LogP contribution in [0, 0.1) is 40.4 Å². The van der Waals surface area contributed by atoms with Crippen molar-refractivity contribution < 1.29 is 71.6 Å². The van der Waals surface area contributed by atoms with Crippen molar-refractivity contribution in [3.63, 3.8) is 0 Å². The fraction of sp³-hybridized carbons (Fsp3) is 0.867. The Morgan fingerprint density at radius 1 is 1.06 bits per heavy atom. The second-order valence-corrected chi connectivity index (χ2v) is 16.1. The normalized spacial score (nSPS) is 42.3. The molecule has 5 fully saturated rings. The third-order valence-electron chi connectivity index (χ3n) is 11.4. The highest BCUT2D eigenvalue weighted by Crippen LogP contribution is 2.70. The predicted octanol–water partition coefficient (Wildman–Crippen LogP) is 5.47. The Balaban J connectivity index is 1.46. The lowest BCUT2D eigenvalue weighted by Crippen LogP contribution is -2.63. The summed E-state index contributed by atoms with van der Waals surface area (Å²) in [5.41, 5.74) is 0.0886. The minimum absolute atomic E-state index is 0.0386. The van der Waals surface area contributed by atoms with Gasteiger partial charge < -0.3 is 24.4 Å². The first-order valence-electron chi connectivity index (χ1n) is 16.2. The number of carbonyl (C=O) groups excluding carboxylic acids is 1. The molecule has 0 aromatic heterocycles. The number of carboxylic acid groups (broad SMARTS) is 1. The SMILES string of the molecule is C=C1C2CCC3C4(C)CC(O[C@H]5OC(C[125I])[C@@H](OSOOO)[C@@H](OSOOO)C5OC(=O)CC(C)C)CC(C(=O)O)C4CCC3(C2)[C@H]1O. The molecule has 18 heteroatoms. The molecule has 0 aromatic carbocycles. The molecule has 2 bridgehead atoms. The summed E-state index contributed by atoms with van der Waals surface area (Å²) in [6, 6.07) is 0. The number of ether oxygens (including phenoxy) is 3. The van der Waals surface area contributed by atoms with E-state index in [4.69, 9.17) is 33.1 Å². The van der Waals surface area contributed by atoms with Crippen LogP contribution in [-0.2, 0) is 50.9 Å². The molecule has 4 saturated carbocycles. The molecule has 1 saturated heterocycles. The van der Waals surface area contributed by atoms with Gasteiger partial charge in [0, 0.05) is 16.3 Å². The van der Waals surface area contributed by atoms with Gasteiger partial charge in [0.1, 0.15) is 18.3 Å². The predicted molar refractivity (Wildman–Crippen MR) is 176 cm³/mol. The fourth-order valence-electron chi connectivity index (χ4n) is 9.67. The smallest absolute Gasteiger partial charge is 0.306 e. The van der Waals surface area contributed by atoms with Gasteiger partial charge in [0.05, 0.1) is 18.1 Å². The van der Waals surface area contributed by atoms with Crippen LogP contribution in [0.25, 0.3) is 0 Å². The number of rotatable bonds is 15. The molecule has 1 spiro atoms. The molecule has 1 heterocycles. The summed E-state index contributed by atoms with van der Waals surface area (Å²) in [5.74, 6) is -1.96. The van der Waals surface area contributed by atoms with Gasteiger partial charge in [-0.1, -0.05) is 60.0 Å². The van der Waals surface area contributed by atoms with Crippen LogP contribution in [0.5, 0.6) is 0 Å². The summed E-state index contributed by atoms with van der Waals surface area (Å²) in [5, 5.41) is 46.7. The maximum Gasteiger partial charge on any atom is 0.306 e. The lowest BCUT2D eigenvalue weighted by atomic mass is 9.43.